The number of piperidine rings is 1. The molecule has 0 aromatic heterocycles. The number of rotatable bonds is 4. The lowest BCUT2D eigenvalue weighted by molar-refractivity contribution is -0.143. The van der Waals surface area contributed by atoms with Crippen molar-refractivity contribution >= 4 is 23.6 Å². The van der Waals surface area contributed by atoms with Gasteiger partial charge in [-0.3, -0.25) is 4.79 Å². The van der Waals surface area contributed by atoms with Crippen molar-refractivity contribution in [2.75, 3.05) is 13.1 Å². The van der Waals surface area contributed by atoms with E-state index in [0.29, 0.717) is 31.0 Å². The van der Waals surface area contributed by atoms with Gasteiger partial charge < -0.3 is 15.3 Å². The normalized spacial score (nSPS) is 17.1. The summed E-state index contributed by atoms with van der Waals surface area (Å²) in [6.07, 6.45) is 1.81. The third-order valence-electron chi connectivity index (χ3n) is 4.11. The summed E-state index contributed by atoms with van der Waals surface area (Å²) in [5, 5.41) is 12.7. The van der Waals surface area contributed by atoms with Gasteiger partial charge in [-0.05, 0) is 37.0 Å². The molecule has 22 heavy (non-hydrogen) atoms. The van der Waals surface area contributed by atoms with E-state index >= 15 is 0 Å². The first-order chi connectivity index (χ1) is 10.5. The molecule has 6 heteroatoms. The number of amides is 2. The largest absolute Gasteiger partial charge is 0.481 e. The van der Waals surface area contributed by atoms with Crippen LogP contribution >= 0.6 is 11.6 Å². The van der Waals surface area contributed by atoms with Gasteiger partial charge in [0, 0.05) is 18.1 Å². The average molecular weight is 325 g/mol. The molecule has 1 aliphatic heterocycles. The summed E-state index contributed by atoms with van der Waals surface area (Å²) in [5.41, 5.74) is 1.01. The van der Waals surface area contributed by atoms with Gasteiger partial charge >= 0.3 is 12.0 Å². The smallest absolute Gasteiger partial charge is 0.317 e. The van der Waals surface area contributed by atoms with Crippen molar-refractivity contribution in [3.63, 3.8) is 0 Å². The standard InChI is InChI=1S/C16H21ClN2O3/c1-2-14(11-3-5-13(17)6-4-11)18-16(22)19-9-7-12(8-10-19)15(20)21/h3-6,12,14H,2,7-10H2,1H3,(H,18,22)(H,20,21). The molecular weight excluding hydrogens is 304 g/mol. The van der Waals surface area contributed by atoms with Crippen LogP contribution in [0.3, 0.4) is 0 Å². The minimum Gasteiger partial charge on any atom is -0.481 e. The highest BCUT2D eigenvalue weighted by atomic mass is 35.5. The molecule has 1 unspecified atom stereocenters. The van der Waals surface area contributed by atoms with Crippen molar-refractivity contribution in [2.45, 2.75) is 32.2 Å². The number of carbonyl (C=O) groups excluding carboxylic acids is 1. The van der Waals surface area contributed by atoms with Crippen LogP contribution in [0.1, 0.15) is 37.8 Å². The number of carboxylic acids is 1. The Morgan fingerprint density at radius 2 is 1.91 bits per heavy atom. The zero-order valence-corrected chi connectivity index (χ0v) is 13.3. The Morgan fingerprint density at radius 1 is 1.32 bits per heavy atom. The maximum Gasteiger partial charge on any atom is 0.317 e. The molecule has 1 aromatic carbocycles. The number of aliphatic carboxylic acids is 1. The van der Waals surface area contributed by atoms with Crippen LogP contribution in [0.4, 0.5) is 4.79 Å². The van der Waals surface area contributed by atoms with E-state index in [2.05, 4.69) is 5.32 Å². The Labute approximate surface area is 135 Å². The summed E-state index contributed by atoms with van der Waals surface area (Å²) in [6, 6.07) is 7.24. The Hall–Kier alpha value is -1.75. The van der Waals surface area contributed by atoms with Gasteiger partial charge in [0.15, 0.2) is 0 Å². The van der Waals surface area contributed by atoms with Crippen molar-refractivity contribution < 1.29 is 14.7 Å². The molecule has 1 atom stereocenters. The second-order valence-electron chi connectivity index (χ2n) is 5.56. The van der Waals surface area contributed by atoms with Crippen molar-refractivity contribution in [2.24, 2.45) is 5.92 Å². The summed E-state index contributed by atoms with van der Waals surface area (Å²) in [6.45, 7) is 2.98. The first-order valence-electron chi connectivity index (χ1n) is 7.55. The number of carbonyl (C=O) groups is 2. The fourth-order valence-electron chi connectivity index (χ4n) is 2.69. The van der Waals surface area contributed by atoms with Gasteiger partial charge in [0.25, 0.3) is 0 Å². The van der Waals surface area contributed by atoms with Gasteiger partial charge in [-0.1, -0.05) is 30.7 Å². The van der Waals surface area contributed by atoms with Crippen LogP contribution in [0.15, 0.2) is 24.3 Å². The molecule has 1 fully saturated rings. The molecule has 2 rings (SSSR count). The number of halogens is 1. The van der Waals surface area contributed by atoms with Gasteiger partial charge in [0.1, 0.15) is 0 Å². The van der Waals surface area contributed by atoms with E-state index in [9.17, 15) is 9.59 Å². The number of hydrogen-bond acceptors (Lipinski definition) is 2. The van der Waals surface area contributed by atoms with Gasteiger partial charge in [-0.15, -0.1) is 0 Å². The third kappa shape index (κ3) is 4.13. The number of urea groups is 1. The maximum atomic E-state index is 12.3. The number of nitrogens with one attached hydrogen (secondary N) is 1. The topological polar surface area (TPSA) is 69.6 Å². The van der Waals surface area contributed by atoms with E-state index in [1.54, 1.807) is 4.90 Å². The van der Waals surface area contributed by atoms with E-state index in [4.69, 9.17) is 16.7 Å². The van der Waals surface area contributed by atoms with Crippen molar-refractivity contribution in [3.05, 3.63) is 34.9 Å². The Morgan fingerprint density at radius 3 is 2.41 bits per heavy atom. The van der Waals surface area contributed by atoms with Crippen LogP contribution in [0.2, 0.25) is 5.02 Å². The number of likely N-dealkylation sites (tertiary alicyclic amines) is 1. The summed E-state index contributed by atoms with van der Waals surface area (Å²) in [4.78, 5) is 25.0. The number of benzene rings is 1. The SMILES string of the molecule is CCC(NC(=O)N1CCC(C(=O)O)CC1)c1ccc(Cl)cc1. The highest BCUT2D eigenvalue weighted by Gasteiger charge is 2.27. The van der Waals surface area contributed by atoms with Crippen LogP contribution in [-0.2, 0) is 4.79 Å². The van der Waals surface area contributed by atoms with Crippen LogP contribution in [-0.4, -0.2) is 35.1 Å². The van der Waals surface area contributed by atoms with Crippen molar-refractivity contribution in [1.29, 1.82) is 0 Å². The minimum absolute atomic E-state index is 0.0676. The molecule has 0 bridgehead atoms. The summed E-state index contributed by atoms with van der Waals surface area (Å²) in [7, 11) is 0. The zero-order chi connectivity index (χ0) is 16.1. The van der Waals surface area contributed by atoms with Gasteiger partial charge in [-0.25, -0.2) is 4.79 Å². The highest BCUT2D eigenvalue weighted by Crippen LogP contribution is 2.21. The Kier molecular flexibility index (Phi) is 5.66. The summed E-state index contributed by atoms with van der Waals surface area (Å²) >= 11 is 5.88. The molecule has 120 valence electrons. The van der Waals surface area contributed by atoms with E-state index in [-0.39, 0.29) is 18.0 Å². The quantitative estimate of drug-likeness (QED) is 0.892. The predicted molar refractivity (Wildman–Crippen MR) is 84.9 cm³/mol. The van der Waals surface area contributed by atoms with Gasteiger partial charge in [0.2, 0.25) is 0 Å². The van der Waals surface area contributed by atoms with Crippen molar-refractivity contribution in [1.82, 2.24) is 10.2 Å². The fourth-order valence-corrected chi connectivity index (χ4v) is 2.81. The average Bonchev–Trinajstić information content (AvgIpc) is 2.53. The maximum absolute atomic E-state index is 12.3. The van der Waals surface area contributed by atoms with E-state index in [0.717, 1.165) is 12.0 Å². The van der Waals surface area contributed by atoms with Crippen LogP contribution in [0, 0.1) is 5.92 Å². The molecular formula is C16H21ClN2O3. The highest BCUT2D eigenvalue weighted by molar-refractivity contribution is 6.30. The fraction of sp³-hybridized carbons (Fsp3) is 0.500. The molecule has 1 saturated heterocycles. The molecule has 1 aliphatic rings. The summed E-state index contributed by atoms with van der Waals surface area (Å²) in [5.74, 6) is -1.10. The molecule has 1 aromatic rings. The Balaban J connectivity index is 1.93. The zero-order valence-electron chi connectivity index (χ0n) is 12.6. The molecule has 0 radical (unpaired) electrons. The van der Waals surface area contributed by atoms with Crippen molar-refractivity contribution in [3.8, 4) is 0 Å². The lowest BCUT2D eigenvalue weighted by atomic mass is 9.97. The number of nitrogens with zero attached hydrogens (tertiary/aromatic N) is 1. The third-order valence-corrected chi connectivity index (χ3v) is 4.36. The molecule has 5 nitrogen and oxygen atoms in total. The molecule has 0 saturated carbocycles. The molecule has 0 aliphatic carbocycles. The van der Waals surface area contributed by atoms with Crippen LogP contribution < -0.4 is 5.32 Å². The van der Waals surface area contributed by atoms with E-state index in [1.165, 1.54) is 0 Å². The number of hydrogen-bond donors (Lipinski definition) is 2. The van der Waals surface area contributed by atoms with Crippen LogP contribution in [0.5, 0.6) is 0 Å². The molecule has 2 N–H and O–H groups in total. The summed E-state index contributed by atoms with van der Waals surface area (Å²) < 4.78 is 0. The lowest BCUT2D eigenvalue weighted by Crippen LogP contribution is -2.46. The predicted octanol–water partition coefficient (Wildman–Crippen LogP) is 3.30. The Bertz CT molecular complexity index is 525. The second kappa shape index (κ2) is 7.49. The molecule has 2 amide bonds. The lowest BCUT2D eigenvalue weighted by Gasteiger charge is -2.31. The molecule has 0 spiro atoms. The number of carboxylic acid groups (broad SMARTS) is 1. The monoisotopic (exact) mass is 324 g/mol. The first kappa shape index (κ1) is 16.6. The molecule has 1 heterocycles. The second-order valence-corrected chi connectivity index (χ2v) is 6.00. The minimum atomic E-state index is -0.771. The van der Waals surface area contributed by atoms with Gasteiger partial charge in [0.05, 0.1) is 12.0 Å². The van der Waals surface area contributed by atoms with Crippen LogP contribution in [0.25, 0.3) is 0 Å². The first-order valence-corrected chi connectivity index (χ1v) is 7.92. The van der Waals surface area contributed by atoms with E-state index in [1.807, 2.05) is 31.2 Å². The van der Waals surface area contributed by atoms with E-state index < -0.39 is 5.97 Å². The van der Waals surface area contributed by atoms with Gasteiger partial charge in [-0.2, -0.15) is 0 Å².